The van der Waals surface area contributed by atoms with Crippen molar-refractivity contribution in [3.8, 4) is 11.5 Å². The molecule has 4 heteroatoms. The van der Waals surface area contributed by atoms with Gasteiger partial charge in [0.1, 0.15) is 5.75 Å². The third-order valence-corrected chi connectivity index (χ3v) is 3.16. The van der Waals surface area contributed by atoms with Crippen molar-refractivity contribution in [1.82, 2.24) is 4.98 Å². The predicted molar refractivity (Wildman–Crippen MR) is 77.4 cm³/mol. The number of ether oxygens (including phenoxy) is 1. The molecule has 106 valence electrons. The minimum atomic E-state index is -0.383. The van der Waals surface area contributed by atoms with E-state index in [1.165, 1.54) is 6.07 Å². The van der Waals surface area contributed by atoms with Crippen LogP contribution < -0.4 is 10.5 Å². The summed E-state index contributed by atoms with van der Waals surface area (Å²) in [6.45, 7) is 3.90. The van der Waals surface area contributed by atoms with E-state index >= 15 is 0 Å². The molecule has 1 aromatic carbocycles. The highest BCUT2D eigenvalue weighted by molar-refractivity contribution is 5.39. The summed E-state index contributed by atoms with van der Waals surface area (Å²) < 4.78 is 19.6. The number of pyridine rings is 1. The summed E-state index contributed by atoms with van der Waals surface area (Å²) in [5.74, 6) is 0.375. The number of rotatable bonds is 5. The van der Waals surface area contributed by atoms with Gasteiger partial charge < -0.3 is 10.5 Å². The Morgan fingerprint density at radius 1 is 1.30 bits per heavy atom. The lowest BCUT2D eigenvalue weighted by molar-refractivity contribution is 0.431. The summed E-state index contributed by atoms with van der Waals surface area (Å²) in [6.07, 6.45) is 3.01. The molecule has 0 aliphatic rings. The summed E-state index contributed by atoms with van der Waals surface area (Å²) in [5, 5.41) is 0. The van der Waals surface area contributed by atoms with Gasteiger partial charge in [0.2, 0.25) is 0 Å². The third-order valence-electron chi connectivity index (χ3n) is 3.16. The lowest BCUT2D eigenvalue weighted by atomic mass is 10.0. The summed E-state index contributed by atoms with van der Waals surface area (Å²) in [7, 11) is 0. The molecule has 3 nitrogen and oxygen atoms in total. The van der Waals surface area contributed by atoms with Crippen LogP contribution in [0.2, 0.25) is 0 Å². The molecule has 0 fully saturated rings. The van der Waals surface area contributed by atoms with Crippen LogP contribution in [0.5, 0.6) is 11.5 Å². The topological polar surface area (TPSA) is 48.1 Å². The van der Waals surface area contributed by atoms with E-state index in [1.807, 2.05) is 26.0 Å². The average Bonchev–Trinajstić information content (AvgIpc) is 2.44. The number of benzene rings is 1. The molecule has 1 aromatic heterocycles. The Morgan fingerprint density at radius 3 is 2.75 bits per heavy atom. The molecule has 0 bridgehead atoms. The minimum absolute atomic E-state index is 0.00436. The van der Waals surface area contributed by atoms with Crippen molar-refractivity contribution in [2.24, 2.45) is 5.73 Å². The van der Waals surface area contributed by atoms with E-state index in [4.69, 9.17) is 10.5 Å². The van der Waals surface area contributed by atoms with Crippen molar-refractivity contribution >= 4 is 0 Å². The minimum Gasteiger partial charge on any atom is -0.452 e. The molecule has 0 radical (unpaired) electrons. The van der Waals surface area contributed by atoms with Crippen LogP contribution in [0.15, 0.2) is 36.5 Å². The zero-order chi connectivity index (χ0) is 14.5. The first-order chi connectivity index (χ1) is 9.60. The molecule has 1 heterocycles. The summed E-state index contributed by atoms with van der Waals surface area (Å²) in [6, 6.07) is 8.50. The van der Waals surface area contributed by atoms with Gasteiger partial charge in [0.05, 0.1) is 6.20 Å². The van der Waals surface area contributed by atoms with E-state index in [0.717, 1.165) is 17.7 Å². The molecule has 2 rings (SSSR count). The lowest BCUT2D eigenvalue weighted by Gasteiger charge is -2.14. The maximum atomic E-state index is 14.0. The van der Waals surface area contributed by atoms with Crippen molar-refractivity contribution in [1.29, 1.82) is 0 Å². The SMILES string of the molecule is CCC(N)Cc1cccc(F)c1Oc1ccc(C)nc1. The Kier molecular flexibility index (Phi) is 4.69. The number of halogens is 1. The first kappa shape index (κ1) is 14.5. The highest BCUT2D eigenvalue weighted by Crippen LogP contribution is 2.29. The Hall–Kier alpha value is -1.94. The van der Waals surface area contributed by atoms with Crippen LogP contribution >= 0.6 is 0 Å². The monoisotopic (exact) mass is 274 g/mol. The zero-order valence-electron chi connectivity index (χ0n) is 11.8. The second-order valence-electron chi connectivity index (χ2n) is 4.84. The van der Waals surface area contributed by atoms with Crippen molar-refractivity contribution < 1.29 is 9.13 Å². The Bertz CT molecular complexity index is 569. The second kappa shape index (κ2) is 6.48. The first-order valence-electron chi connectivity index (χ1n) is 6.73. The molecule has 2 aromatic rings. The maximum absolute atomic E-state index is 14.0. The summed E-state index contributed by atoms with van der Waals surface area (Å²) >= 11 is 0. The molecule has 0 amide bonds. The number of para-hydroxylation sites is 1. The van der Waals surface area contributed by atoms with Gasteiger partial charge in [-0.1, -0.05) is 19.1 Å². The molecule has 0 saturated heterocycles. The van der Waals surface area contributed by atoms with Crippen molar-refractivity contribution in [3.05, 3.63) is 53.6 Å². The molecule has 2 N–H and O–H groups in total. The fourth-order valence-corrected chi connectivity index (χ4v) is 1.89. The second-order valence-corrected chi connectivity index (χ2v) is 4.84. The largest absolute Gasteiger partial charge is 0.452 e. The summed E-state index contributed by atoms with van der Waals surface area (Å²) in [4.78, 5) is 4.14. The standard InChI is InChI=1S/C16H19FN2O/c1-3-13(18)9-12-5-4-6-15(17)16(12)20-14-8-7-11(2)19-10-14/h4-8,10,13H,3,9,18H2,1-2H3. The highest BCUT2D eigenvalue weighted by Gasteiger charge is 2.13. The fraction of sp³-hybridized carbons (Fsp3) is 0.312. The van der Waals surface area contributed by atoms with Gasteiger partial charge in [-0.3, -0.25) is 4.98 Å². The number of nitrogens with two attached hydrogens (primary N) is 1. The van der Waals surface area contributed by atoms with Gasteiger partial charge in [0.25, 0.3) is 0 Å². The van der Waals surface area contributed by atoms with Crippen molar-refractivity contribution in [2.45, 2.75) is 32.7 Å². The first-order valence-corrected chi connectivity index (χ1v) is 6.73. The van der Waals surface area contributed by atoms with Crippen molar-refractivity contribution in [2.75, 3.05) is 0 Å². The quantitative estimate of drug-likeness (QED) is 0.906. The summed E-state index contributed by atoms with van der Waals surface area (Å²) in [5.41, 5.74) is 7.61. The molecular formula is C16H19FN2O. The maximum Gasteiger partial charge on any atom is 0.166 e. The van der Waals surface area contributed by atoms with E-state index in [-0.39, 0.29) is 17.6 Å². The number of aryl methyl sites for hydroxylation is 1. The molecule has 0 aliphatic carbocycles. The Labute approximate surface area is 118 Å². The number of hydrogen-bond acceptors (Lipinski definition) is 3. The van der Waals surface area contributed by atoms with E-state index in [9.17, 15) is 4.39 Å². The number of nitrogens with zero attached hydrogens (tertiary/aromatic N) is 1. The highest BCUT2D eigenvalue weighted by atomic mass is 19.1. The zero-order valence-corrected chi connectivity index (χ0v) is 11.8. The van der Waals surface area contributed by atoms with Gasteiger partial charge in [-0.15, -0.1) is 0 Å². The predicted octanol–water partition coefficient (Wildman–Crippen LogP) is 3.60. The fourth-order valence-electron chi connectivity index (χ4n) is 1.89. The van der Waals surface area contributed by atoms with E-state index in [1.54, 1.807) is 18.3 Å². The number of hydrogen-bond donors (Lipinski definition) is 1. The van der Waals surface area contributed by atoms with Crippen molar-refractivity contribution in [3.63, 3.8) is 0 Å². The van der Waals surface area contributed by atoms with Gasteiger partial charge in [0, 0.05) is 11.7 Å². The van der Waals surface area contributed by atoms with Gasteiger partial charge in [-0.05, 0) is 43.5 Å². The van der Waals surface area contributed by atoms with E-state index in [2.05, 4.69) is 4.98 Å². The van der Waals surface area contributed by atoms with Crippen LogP contribution in [-0.2, 0) is 6.42 Å². The van der Waals surface area contributed by atoms with Crippen LogP contribution in [-0.4, -0.2) is 11.0 Å². The average molecular weight is 274 g/mol. The van der Waals surface area contributed by atoms with Crippen LogP contribution in [0.4, 0.5) is 4.39 Å². The molecule has 0 spiro atoms. The molecule has 20 heavy (non-hydrogen) atoms. The van der Waals surface area contributed by atoms with Gasteiger partial charge in [-0.25, -0.2) is 4.39 Å². The number of aromatic nitrogens is 1. The van der Waals surface area contributed by atoms with Gasteiger partial charge in [0.15, 0.2) is 11.6 Å². The lowest BCUT2D eigenvalue weighted by Crippen LogP contribution is -2.21. The molecule has 0 saturated carbocycles. The van der Waals surface area contributed by atoms with Gasteiger partial charge in [-0.2, -0.15) is 0 Å². The van der Waals surface area contributed by atoms with Crippen LogP contribution in [0, 0.1) is 12.7 Å². The molecule has 1 atom stereocenters. The molecular weight excluding hydrogens is 255 g/mol. The van der Waals surface area contributed by atoms with Gasteiger partial charge >= 0.3 is 0 Å². The third kappa shape index (κ3) is 3.54. The Balaban J connectivity index is 2.27. The smallest absolute Gasteiger partial charge is 0.166 e. The van der Waals surface area contributed by atoms with Crippen LogP contribution in [0.3, 0.4) is 0 Å². The van der Waals surface area contributed by atoms with E-state index in [0.29, 0.717) is 12.2 Å². The normalized spacial score (nSPS) is 12.2. The van der Waals surface area contributed by atoms with Crippen LogP contribution in [0.1, 0.15) is 24.6 Å². The molecule has 0 aliphatic heterocycles. The Morgan fingerprint density at radius 2 is 2.10 bits per heavy atom. The van der Waals surface area contributed by atoms with Crippen LogP contribution in [0.25, 0.3) is 0 Å². The molecule has 1 unspecified atom stereocenters. The van der Waals surface area contributed by atoms with E-state index < -0.39 is 0 Å².